The number of ether oxygens (including phenoxy) is 6. The fourth-order valence-corrected chi connectivity index (χ4v) is 6.31. The fourth-order valence-electron chi connectivity index (χ4n) is 6.31. The Bertz CT molecular complexity index is 1800. The molecule has 3 aromatic rings. The van der Waals surface area contributed by atoms with E-state index >= 15 is 0 Å². The second-order valence-corrected chi connectivity index (χ2v) is 12.9. The molecule has 13 N–H and O–H groups in total. The molecule has 6 rings (SSSR count). The van der Waals surface area contributed by atoms with Crippen LogP contribution in [0.3, 0.4) is 0 Å². The van der Waals surface area contributed by atoms with Gasteiger partial charge in [-0.1, -0.05) is 0 Å². The number of aliphatic hydroxyl groups is 10. The maximum absolute atomic E-state index is 14.0. The second-order valence-electron chi connectivity index (χ2n) is 12.9. The van der Waals surface area contributed by atoms with Gasteiger partial charge in [0.2, 0.25) is 17.5 Å². The normalized spacial score (nSPS) is 37.3. The van der Waals surface area contributed by atoms with Gasteiger partial charge in [0.05, 0.1) is 19.8 Å². The predicted molar refractivity (Wildman–Crippen MR) is 173 cm³/mol. The lowest BCUT2D eigenvalue weighted by atomic mass is 9.97. The van der Waals surface area contributed by atoms with Crippen LogP contribution < -0.4 is 10.2 Å². The number of rotatable bonds is 10. The number of hydrogen-bond acceptors (Lipinski definition) is 21. The zero-order chi connectivity index (χ0) is 39.2. The molecule has 7 unspecified atom stereocenters. The third-order valence-electron chi connectivity index (χ3n) is 9.34. The topological polar surface area (TPSA) is 349 Å². The Morgan fingerprint density at radius 2 is 1.17 bits per heavy atom. The Balaban J connectivity index is 1.38. The Morgan fingerprint density at radius 1 is 0.611 bits per heavy atom. The zero-order valence-corrected chi connectivity index (χ0v) is 27.8. The summed E-state index contributed by atoms with van der Waals surface area (Å²) in [5.74, 6) is -2.49. The van der Waals surface area contributed by atoms with E-state index in [4.69, 9.17) is 32.8 Å². The highest BCUT2D eigenvalue weighted by molar-refractivity contribution is 5.88. The lowest BCUT2D eigenvalue weighted by Gasteiger charge is -2.46. The summed E-state index contributed by atoms with van der Waals surface area (Å²) in [4.78, 5) is 14.0. The lowest BCUT2D eigenvalue weighted by molar-refractivity contribution is -0.363. The summed E-state index contributed by atoms with van der Waals surface area (Å²) in [6.45, 7) is -2.42. The average molecular weight is 773 g/mol. The first-order valence-corrected chi connectivity index (χ1v) is 16.5. The van der Waals surface area contributed by atoms with Gasteiger partial charge in [-0.25, -0.2) is 0 Å². The van der Waals surface area contributed by atoms with Gasteiger partial charge in [0, 0.05) is 17.7 Å². The highest BCUT2D eigenvalue weighted by Gasteiger charge is 2.53. The van der Waals surface area contributed by atoms with Gasteiger partial charge in [0.15, 0.2) is 24.4 Å². The van der Waals surface area contributed by atoms with Crippen molar-refractivity contribution in [2.24, 2.45) is 0 Å². The molecular weight excluding hydrogens is 732 g/mol. The largest absolute Gasteiger partial charge is 0.508 e. The summed E-state index contributed by atoms with van der Waals surface area (Å²) >= 11 is 0. The van der Waals surface area contributed by atoms with Gasteiger partial charge in [-0.05, 0) is 24.3 Å². The summed E-state index contributed by atoms with van der Waals surface area (Å²) in [6.07, 6.45) is -27.5. The second kappa shape index (κ2) is 16.2. The molecule has 3 aliphatic heterocycles. The van der Waals surface area contributed by atoms with Crippen molar-refractivity contribution in [3.8, 4) is 34.3 Å². The standard InChI is InChI=1S/C33H40O21/c34-7-15-19(39)23(43)26(46)31(50-15)48-9-17-21(41)25(45)30(54-32-27(47)24(44)20(40)16(8-35)51-32)33(52-17)53-29-22(42)18-13(38)5-12(37)6-14(18)49-28(29)10-1-3-11(36)4-2-10/h1-6,15-17,19-21,23-27,30-41,43-47H,7-9H2/t15?,16?,17?,19-,20-,21-,23+,24?,25?,26?,27-,30?,31-,32+,33+/m1/s1. The molecule has 0 amide bonds. The van der Waals surface area contributed by atoms with Crippen molar-refractivity contribution in [3.63, 3.8) is 0 Å². The van der Waals surface area contributed by atoms with Crippen molar-refractivity contribution in [1.82, 2.24) is 0 Å². The summed E-state index contributed by atoms with van der Waals surface area (Å²) in [7, 11) is 0. The van der Waals surface area contributed by atoms with Gasteiger partial charge in [-0.15, -0.1) is 0 Å². The van der Waals surface area contributed by atoms with Gasteiger partial charge < -0.3 is 99.2 Å². The Labute approximate surface area is 303 Å². The molecule has 2 aromatic carbocycles. The number of aliphatic hydroxyl groups excluding tert-OH is 10. The van der Waals surface area contributed by atoms with Gasteiger partial charge in [0.1, 0.15) is 95.4 Å². The first-order chi connectivity index (χ1) is 25.6. The summed E-state index contributed by atoms with van der Waals surface area (Å²) in [6, 6.07) is 6.97. The molecular formula is C33H40O21. The molecule has 1 aromatic heterocycles. The van der Waals surface area contributed by atoms with E-state index in [1.165, 1.54) is 24.3 Å². The van der Waals surface area contributed by atoms with Crippen molar-refractivity contribution in [1.29, 1.82) is 0 Å². The molecule has 0 bridgehead atoms. The molecule has 0 aliphatic carbocycles. The van der Waals surface area contributed by atoms with Crippen LogP contribution in [0.4, 0.5) is 0 Å². The molecule has 0 radical (unpaired) electrons. The molecule has 0 saturated carbocycles. The molecule has 15 atom stereocenters. The molecule has 54 heavy (non-hydrogen) atoms. The third-order valence-corrected chi connectivity index (χ3v) is 9.34. The third kappa shape index (κ3) is 7.58. The van der Waals surface area contributed by atoms with E-state index in [1.54, 1.807) is 0 Å². The van der Waals surface area contributed by atoms with Crippen molar-refractivity contribution < 1.29 is 99.2 Å². The van der Waals surface area contributed by atoms with Crippen LogP contribution in [-0.4, -0.2) is 178 Å². The fraction of sp³-hybridized carbons (Fsp3) is 0.545. The van der Waals surface area contributed by atoms with Gasteiger partial charge in [-0.2, -0.15) is 0 Å². The minimum atomic E-state index is -2.10. The van der Waals surface area contributed by atoms with E-state index < -0.39 is 140 Å². The van der Waals surface area contributed by atoms with Gasteiger partial charge in [0.25, 0.3) is 0 Å². The number of benzene rings is 2. The van der Waals surface area contributed by atoms with E-state index in [0.29, 0.717) is 0 Å². The van der Waals surface area contributed by atoms with Crippen LogP contribution in [-0.2, 0) is 23.7 Å². The van der Waals surface area contributed by atoms with Crippen LogP contribution >= 0.6 is 0 Å². The number of aromatic hydroxyl groups is 3. The monoisotopic (exact) mass is 772 g/mol. The number of phenolic OH excluding ortho intramolecular Hbond substituents is 3. The molecule has 4 heterocycles. The predicted octanol–water partition coefficient (Wildman–Crippen LogP) is -4.60. The van der Waals surface area contributed by atoms with E-state index in [0.717, 1.165) is 12.1 Å². The first kappa shape index (κ1) is 39.9. The minimum absolute atomic E-state index is 0.0925. The SMILES string of the molecule is O=c1c(O[C@@H]2OC(CO[C@@H]3OC(CO)[C@@H](O)[C@H](O)C3O)[C@@H](O)C(O)C2O[C@@H]2OC(CO)[C@@H](O)C(O)[C@H]2O)c(-c2ccc(O)cc2)oc2cc(O)cc(O)c12. The van der Waals surface area contributed by atoms with E-state index in [2.05, 4.69) is 0 Å². The summed E-state index contributed by atoms with van der Waals surface area (Å²) in [5, 5.41) is 134. The number of phenols is 3. The molecule has 21 heteroatoms. The van der Waals surface area contributed by atoms with Crippen LogP contribution in [0.2, 0.25) is 0 Å². The summed E-state index contributed by atoms with van der Waals surface area (Å²) < 4.78 is 39.8. The van der Waals surface area contributed by atoms with Crippen LogP contribution in [0.1, 0.15) is 0 Å². The highest BCUT2D eigenvalue weighted by atomic mass is 16.8. The molecule has 3 saturated heterocycles. The van der Waals surface area contributed by atoms with Crippen molar-refractivity contribution >= 4 is 11.0 Å². The van der Waals surface area contributed by atoms with Crippen molar-refractivity contribution in [3.05, 3.63) is 46.6 Å². The molecule has 3 aliphatic rings. The highest BCUT2D eigenvalue weighted by Crippen LogP contribution is 2.38. The summed E-state index contributed by atoms with van der Waals surface area (Å²) in [5.41, 5.74) is -1.29. The molecule has 0 spiro atoms. The molecule has 298 valence electrons. The Hall–Kier alpha value is -3.75. The van der Waals surface area contributed by atoms with Crippen molar-refractivity contribution in [2.75, 3.05) is 19.8 Å². The van der Waals surface area contributed by atoms with Crippen LogP contribution in [0.25, 0.3) is 22.3 Å². The average Bonchev–Trinajstić information content (AvgIpc) is 3.14. The molecule has 3 fully saturated rings. The Morgan fingerprint density at radius 3 is 1.78 bits per heavy atom. The van der Waals surface area contributed by atoms with Gasteiger partial charge >= 0.3 is 0 Å². The lowest BCUT2D eigenvalue weighted by Crippen LogP contribution is -2.65. The van der Waals surface area contributed by atoms with E-state index in [9.17, 15) is 71.2 Å². The smallest absolute Gasteiger partial charge is 0.239 e. The van der Waals surface area contributed by atoms with Crippen molar-refractivity contribution in [2.45, 2.75) is 92.1 Å². The maximum Gasteiger partial charge on any atom is 0.239 e. The quantitative estimate of drug-likeness (QED) is 0.0922. The minimum Gasteiger partial charge on any atom is -0.508 e. The van der Waals surface area contributed by atoms with E-state index in [1.807, 2.05) is 0 Å². The number of fused-ring (bicyclic) bond motifs is 1. The van der Waals surface area contributed by atoms with Crippen LogP contribution in [0.5, 0.6) is 23.0 Å². The van der Waals surface area contributed by atoms with Crippen LogP contribution in [0.15, 0.2) is 45.6 Å². The van der Waals surface area contributed by atoms with Crippen LogP contribution in [0, 0.1) is 0 Å². The maximum atomic E-state index is 14.0. The molecule has 21 nitrogen and oxygen atoms in total. The van der Waals surface area contributed by atoms with E-state index in [-0.39, 0.29) is 22.7 Å². The first-order valence-electron chi connectivity index (χ1n) is 16.5. The zero-order valence-electron chi connectivity index (χ0n) is 27.8. The number of hydrogen-bond donors (Lipinski definition) is 13. The Kier molecular flexibility index (Phi) is 11.9. The van der Waals surface area contributed by atoms with Gasteiger partial charge in [-0.3, -0.25) is 4.79 Å².